The Bertz CT molecular complexity index is 1960. The first kappa shape index (κ1) is 33.1. The van der Waals surface area contributed by atoms with E-state index in [4.69, 9.17) is 15.9 Å². The van der Waals surface area contributed by atoms with Gasteiger partial charge in [-0.05, 0) is 54.3 Å². The number of hydrogen-bond donors (Lipinski definition) is 5. The van der Waals surface area contributed by atoms with Crippen molar-refractivity contribution in [3.8, 4) is 22.4 Å². The third-order valence-corrected chi connectivity index (χ3v) is 7.31. The van der Waals surface area contributed by atoms with E-state index < -0.39 is 11.7 Å². The maximum Gasteiger partial charge on any atom is 0.413 e. The monoisotopic (exact) mass is 643 g/mol. The third kappa shape index (κ3) is 8.73. The number of benzene rings is 4. The van der Waals surface area contributed by atoms with Crippen LogP contribution in [-0.2, 0) is 29.2 Å². The number of amides is 2. The van der Waals surface area contributed by atoms with Gasteiger partial charge in [-0.3, -0.25) is 24.9 Å². The first-order valence-corrected chi connectivity index (χ1v) is 15.4. The van der Waals surface area contributed by atoms with Crippen LogP contribution in [-0.4, -0.2) is 33.4 Å². The SMILES string of the molecule is CC(C)Nc1ncc(-c2cc(N)cc(-c3ccccc3)c2)n(CC(=O)NCc2ccc(C(=N)NC(=O)OCc3ccccc3)cc2)c1=O. The number of ether oxygens (including phenoxy) is 1. The predicted octanol–water partition coefficient (Wildman–Crippen LogP) is 5.55. The van der Waals surface area contributed by atoms with Gasteiger partial charge in [0.25, 0.3) is 5.56 Å². The zero-order valence-electron chi connectivity index (χ0n) is 26.7. The molecule has 244 valence electrons. The molecule has 11 nitrogen and oxygen atoms in total. The lowest BCUT2D eigenvalue weighted by Gasteiger charge is -2.17. The average molecular weight is 644 g/mol. The van der Waals surface area contributed by atoms with Crippen molar-refractivity contribution in [3.63, 3.8) is 0 Å². The van der Waals surface area contributed by atoms with Gasteiger partial charge in [0.05, 0.1) is 11.9 Å². The molecule has 0 saturated carbocycles. The molecule has 0 bridgehead atoms. The third-order valence-electron chi connectivity index (χ3n) is 7.31. The van der Waals surface area contributed by atoms with Crippen LogP contribution in [0.1, 0.15) is 30.5 Å². The molecule has 11 heteroatoms. The summed E-state index contributed by atoms with van der Waals surface area (Å²) < 4.78 is 6.58. The van der Waals surface area contributed by atoms with Gasteiger partial charge in [-0.1, -0.05) is 84.9 Å². The second kappa shape index (κ2) is 15.4. The molecular weight excluding hydrogens is 606 g/mol. The van der Waals surface area contributed by atoms with E-state index in [1.807, 2.05) is 86.6 Å². The molecule has 0 spiro atoms. The summed E-state index contributed by atoms with van der Waals surface area (Å²) in [5.74, 6) is -0.354. The summed E-state index contributed by atoms with van der Waals surface area (Å²) >= 11 is 0. The lowest BCUT2D eigenvalue weighted by atomic mass is 10.0. The highest BCUT2D eigenvalue weighted by Crippen LogP contribution is 2.29. The van der Waals surface area contributed by atoms with Gasteiger partial charge in [-0.15, -0.1) is 0 Å². The first-order valence-electron chi connectivity index (χ1n) is 15.4. The van der Waals surface area contributed by atoms with Crippen molar-refractivity contribution in [1.29, 1.82) is 5.41 Å². The first-order chi connectivity index (χ1) is 23.2. The van der Waals surface area contributed by atoms with Crippen LogP contribution in [0.25, 0.3) is 22.4 Å². The van der Waals surface area contributed by atoms with Crippen molar-refractivity contribution in [2.75, 3.05) is 11.1 Å². The number of carbonyl (C=O) groups is 2. The highest BCUT2D eigenvalue weighted by atomic mass is 16.5. The van der Waals surface area contributed by atoms with Crippen LogP contribution >= 0.6 is 0 Å². The number of nitrogens with two attached hydrogens (primary N) is 1. The fourth-order valence-corrected chi connectivity index (χ4v) is 4.97. The van der Waals surface area contributed by atoms with Gasteiger partial charge < -0.3 is 21.1 Å². The highest BCUT2D eigenvalue weighted by molar-refractivity contribution is 6.04. The average Bonchev–Trinajstić information content (AvgIpc) is 3.09. The normalized spacial score (nSPS) is 10.7. The number of alkyl carbamates (subject to hydrolysis) is 1. The van der Waals surface area contributed by atoms with Crippen LogP contribution in [0.4, 0.5) is 16.3 Å². The molecule has 0 aliphatic carbocycles. The number of nitrogens with zero attached hydrogens (tertiary/aromatic N) is 2. The Labute approximate surface area is 278 Å². The van der Waals surface area contributed by atoms with E-state index in [0.717, 1.165) is 22.3 Å². The van der Waals surface area contributed by atoms with Crippen molar-refractivity contribution in [3.05, 3.63) is 136 Å². The molecule has 5 aromatic rings. The van der Waals surface area contributed by atoms with E-state index in [-0.39, 0.29) is 43.3 Å². The molecule has 0 aliphatic heterocycles. The molecule has 48 heavy (non-hydrogen) atoms. The molecule has 1 aromatic heterocycles. The van der Waals surface area contributed by atoms with E-state index in [9.17, 15) is 14.4 Å². The van der Waals surface area contributed by atoms with Crippen LogP contribution in [0.5, 0.6) is 0 Å². The number of aromatic nitrogens is 2. The van der Waals surface area contributed by atoms with Crippen LogP contribution < -0.4 is 27.2 Å². The number of anilines is 2. The molecule has 0 atom stereocenters. The lowest BCUT2D eigenvalue weighted by molar-refractivity contribution is -0.121. The van der Waals surface area contributed by atoms with Gasteiger partial charge in [-0.2, -0.15) is 0 Å². The van der Waals surface area contributed by atoms with Crippen molar-refractivity contribution in [2.45, 2.75) is 39.6 Å². The Balaban J connectivity index is 1.26. The van der Waals surface area contributed by atoms with Crippen molar-refractivity contribution < 1.29 is 14.3 Å². The second-order valence-corrected chi connectivity index (χ2v) is 11.4. The predicted molar refractivity (Wildman–Crippen MR) is 187 cm³/mol. The Morgan fingerprint density at radius 3 is 2.23 bits per heavy atom. The Kier molecular flexibility index (Phi) is 10.6. The number of amidine groups is 1. The largest absolute Gasteiger partial charge is 0.444 e. The van der Waals surface area contributed by atoms with E-state index in [1.165, 1.54) is 4.57 Å². The zero-order chi connectivity index (χ0) is 34.0. The van der Waals surface area contributed by atoms with Gasteiger partial charge in [-0.25, -0.2) is 9.78 Å². The molecule has 5 rings (SSSR count). The number of nitrogen functional groups attached to an aromatic ring is 1. The van der Waals surface area contributed by atoms with Crippen LogP contribution in [0, 0.1) is 5.41 Å². The number of carbonyl (C=O) groups excluding carboxylic acids is 2. The summed E-state index contributed by atoms with van der Waals surface area (Å²) in [5, 5.41) is 16.6. The van der Waals surface area contributed by atoms with E-state index in [1.54, 1.807) is 36.5 Å². The Hall–Kier alpha value is -6.23. The van der Waals surface area contributed by atoms with E-state index >= 15 is 0 Å². The Morgan fingerprint density at radius 1 is 0.875 bits per heavy atom. The van der Waals surface area contributed by atoms with Crippen molar-refractivity contribution >= 4 is 29.3 Å². The maximum atomic E-state index is 13.6. The minimum atomic E-state index is -0.729. The molecule has 0 saturated heterocycles. The standard InChI is InChI=1S/C37H37N7O4/c1-24(2)42-35-36(46)44(32(21-41-35)30-17-29(18-31(38)19-30)27-11-7-4-8-12-27)22-33(45)40-20-25-13-15-28(16-14-25)34(39)43-37(47)48-23-26-9-5-3-6-10-26/h3-19,21,24H,20,22-23,38H2,1-2H3,(H,40,45)(H,41,42)(H2,39,43,47). The van der Waals surface area contributed by atoms with Gasteiger partial charge in [0.2, 0.25) is 5.91 Å². The van der Waals surface area contributed by atoms with Gasteiger partial charge >= 0.3 is 6.09 Å². The summed E-state index contributed by atoms with van der Waals surface area (Å²) in [5.41, 5.74) is 11.4. The number of nitrogens with one attached hydrogen (secondary N) is 4. The minimum absolute atomic E-state index is 0.0463. The molecule has 0 unspecified atom stereocenters. The summed E-state index contributed by atoms with van der Waals surface area (Å²) in [7, 11) is 0. The molecule has 1 heterocycles. The molecular formula is C37H37N7O4. The highest BCUT2D eigenvalue weighted by Gasteiger charge is 2.17. The van der Waals surface area contributed by atoms with Crippen molar-refractivity contribution in [1.82, 2.24) is 20.2 Å². The topological polar surface area (TPSA) is 164 Å². The van der Waals surface area contributed by atoms with Crippen LogP contribution in [0.3, 0.4) is 0 Å². The molecule has 6 N–H and O–H groups in total. The molecule has 0 aliphatic rings. The quantitative estimate of drug-likeness (QED) is 0.0716. The summed E-state index contributed by atoms with van der Waals surface area (Å²) in [6.45, 7) is 3.82. The van der Waals surface area contributed by atoms with Gasteiger partial charge in [0.15, 0.2) is 5.82 Å². The smallest absolute Gasteiger partial charge is 0.413 e. The van der Waals surface area contributed by atoms with E-state index in [0.29, 0.717) is 22.5 Å². The minimum Gasteiger partial charge on any atom is -0.444 e. The van der Waals surface area contributed by atoms with Gasteiger partial charge in [0, 0.05) is 29.4 Å². The second-order valence-electron chi connectivity index (χ2n) is 11.4. The Morgan fingerprint density at radius 2 is 1.54 bits per heavy atom. The van der Waals surface area contributed by atoms with E-state index in [2.05, 4.69) is 20.9 Å². The molecule has 0 fully saturated rings. The zero-order valence-corrected chi connectivity index (χ0v) is 26.7. The van der Waals surface area contributed by atoms with Crippen LogP contribution in [0.15, 0.2) is 114 Å². The summed E-state index contributed by atoms with van der Waals surface area (Å²) in [6, 6.07) is 31.3. The fraction of sp³-hybridized carbons (Fsp3) is 0.162. The maximum absolute atomic E-state index is 13.6. The molecule has 2 amide bonds. The van der Waals surface area contributed by atoms with Gasteiger partial charge in [0.1, 0.15) is 19.0 Å². The number of hydrogen-bond acceptors (Lipinski definition) is 8. The summed E-state index contributed by atoms with van der Waals surface area (Å²) in [6.07, 6.45) is 0.842. The number of rotatable bonds is 11. The fourth-order valence-electron chi connectivity index (χ4n) is 4.97. The van der Waals surface area contributed by atoms with Crippen molar-refractivity contribution in [2.24, 2.45) is 0 Å². The molecule has 0 radical (unpaired) electrons. The molecule has 4 aromatic carbocycles. The lowest BCUT2D eigenvalue weighted by Crippen LogP contribution is -2.35. The summed E-state index contributed by atoms with van der Waals surface area (Å²) in [4.78, 5) is 43.4. The van der Waals surface area contributed by atoms with Crippen LogP contribution in [0.2, 0.25) is 0 Å².